The SMILES string of the molecule is CCCS(=O)(=O)CCC(=O)CC1CSCCN1. The second-order valence-electron chi connectivity index (χ2n) is 4.37. The van der Waals surface area contributed by atoms with Crippen LogP contribution in [0.4, 0.5) is 0 Å². The van der Waals surface area contributed by atoms with Crippen molar-refractivity contribution < 1.29 is 13.2 Å². The van der Waals surface area contributed by atoms with Gasteiger partial charge in [0.1, 0.15) is 5.78 Å². The Morgan fingerprint density at radius 2 is 2.18 bits per heavy atom. The summed E-state index contributed by atoms with van der Waals surface area (Å²) in [6, 6.07) is 0.232. The second kappa shape index (κ2) is 7.38. The highest BCUT2D eigenvalue weighted by Gasteiger charge is 2.18. The van der Waals surface area contributed by atoms with Crippen molar-refractivity contribution in [3.8, 4) is 0 Å². The van der Waals surface area contributed by atoms with Gasteiger partial charge >= 0.3 is 0 Å². The number of thioether (sulfide) groups is 1. The summed E-state index contributed by atoms with van der Waals surface area (Å²) in [5, 5.41) is 3.28. The molecule has 0 spiro atoms. The van der Waals surface area contributed by atoms with Gasteiger partial charge in [-0.2, -0.15) is 11.8 Å². The lowest BCUT2D eigenvalue weighted by Crippen LogP contribution is -2.39. The molecule has 100 valence electrons. The van der Waals surface area contributed by atoms with E-state index in [1.807, 2.05) is 18.7 Å². The number of ketones is 1. The number of hydrogen-bond acceptors (Lipinski definition) is 5. The van der Waals surface area contributed by atoms with Crippen LogP contribution in [0, 0.1) is 0 Å². The molecule has 1 unspecified atom stereocenters. The van der Waals surface area contributed by atoms with Gasteiger partial charge in [0.25, 0.3) is 0 Å². The maximum absolute atomic E-state index is 11.6. The zero-order valence-corrected chi connectivity index (χ0v) is 11.9. The number of sulfone groups is 1. The van der Waals surface area contributed by atoms with Gasteiger partial charge < -0.3 is 5.32 Å². The highest BCUT2D eigenvalue weighted by atomic mass is 32.2. The van der Waals surface area contributed by atoms with E-state index in [0.29, 0.717) is 12.8 Å². The van der Waals surface area contributed by atoms with Crippen LogP contribution in [0.2, 0.25) is 0 Å². The Morgan fingerprint density at radius 3 is 2.76 bits per heavy atom. The summed E-state index contributed by atoms with van der Waals surface area (Å²) in [6.45, 7) is 2.78. The zero-order valence-electron chi connectivity index (χ0n) is 10.3. The van der Waals surface area contributed by atoms with Crippen molar-refractivity contribution in [2.75, 3.05) is 29.6 Å². The quantitative estimate of drug-likeness (QED) is 0.749. The monoisotopic (exact) mass is 279 g/mol. The minimum atomic E-state index is -3.01. The molecule has 4 nitrogen and oxygen atoms in total. The Labute approximate surface area is 108 Å². The van der Waals surface area contributed by atoms with Crippen molar-refractivity contribution in [2.24, 2.45) is 0 Å². The Kier molecular flexibility index (Phi) is 6.51. The molecule has 0 aromatic carbocycles. The van der Waals surface area contributed by atoms with E-state index in [-0.39, 0.29) is 29.8 Å². The van der Waals surface area contributed by atoms with Gasteiger partial charge in [0, 0.05) is 42.7 Å². The molecule has 0 bridgehead atoms. The van der Waals surface area contributed by atoms with Crippen LogP contribution in [0.15, 0.2) is 0 Å². The Bertz CT molecular complexity index is 335. The molecule has 17 heavy (non-hydrogen) atoms. The van der Waals surface area contributed by atoms with Gasteiger partial charge in [-0.15, -0.1) is 0 Å². The smallest absolute Gasteiger partial charge is 0.150 e. The molecule has 0 aromatic rings. The van der Waals surface area contributed by atoms with Crippen LogP contribution >= 0.6 is 11.8 Å². The maximum Gasteiger partial charge on any atom is 0.150 e. The normalized spacial score (nSPS) is 21.4. The van der Waals surface area contributed by atoms with Gasteiger partial charge in [-0.25, -0.2) is 8.42 Å². The number of rotatable bonds is 7. The Balaban J connectivity index is 2.25. The molecule has 1 saturated heterocycles. The van der Waals surface area contributed by atoms with Crippen LogP contribution in [0.5, 0.6) is 0 Å². The van der Waals surface area contributed by atoms with Crippen LogP contribution in [0.25, 0.3) is 0 Å². The minimum Gasteiger partial charge on any atom is -0.312 e. The molecule has 0 saturated carbocycles. The van der Waals surface area contributed by atoms with E-state index in [2.05, 4.69) is 5.32 Å². The molecule has 0 amide bonds. The number of carbonyl (C=O) groups is 1. The third-order valence-corrected chi connectivity index (χ3v) is 5.67. The van der Waals surface area contributed by atoms with Gasteiger partial charge in [0.05, 0.1) is 5.75 Å². The summed E-state index contributed by atoms with van der Waals surface area (Å²) in [6.07, 6.45) is 1.26. The predicted octanol–water partition coefficient (Wildman–Crippen LogP) is 0.866. The van der Waals surface area contributed by atoms with Crippen LogP contribution in [-0.2, 0) is 14.6 Å². The van der Waals surface area contributed by atoms with Crippen molar-refractivity contribution in [1.29, 1.82) is 0 Å². The lowest BCUT2D eigenvalue weighted by Gasteiger charge is -2.22. The number of Topliss-reactive ketones (excluding diaryl/α,β-unsaturated/α-hetero) is 1. The third-order valence-electron chi connectivity index (χ3n) is 2.68. The molecule has 0 radical (unpaired) electrons. The summed E-state index contributed by atoms with van der Waals surface area (Å²) in [5.41, 5.74) is 0. The first-order chi connectivity index (χ1) is 8.03. The van der Waals surface area contributed by atoms with Crippen molar-refractivity contribution in [3.05, 3.63) is 0 Å². The zero-order chi connectivity index (χ0) is 12.7. The van der Waals surface area contributed by atoms with Crippen LogP contribution < -0.4 is 5.32 Å². The molecular formula is C11H21NO3S2. The van der Waals surface area contributed by atoms with Gasteiger partial charge in [0.2, 0.25) is 0 Å². The Hall–Kier alpha value is -0.0700. The largest absolute Gasteiger partial charge is 0.312 e. The fraction of sp³-hybridized carbons (Fsp3) is 0.909. The second-order valence-corrected chi connectivity index (χ2v) is 7.82. The van der Waals surface area contributed by atoms with Gasteiger partial charge in [0.15, 0.2) is 9.84 Å². The van der Waals surface area contributed by atoms with Crippen molar-refractivity contribution in [1.82, 2.24) is 5.32 Å². The van der Waals surface area contributed by atoms with E-state index in [9.17, 15) is 13.2 Å². The average Bonchev–Trinajstić information content (AvgIpc) is 2.28. The van der Waals surface area contributed by atoms with E-state index in [0.717, 1.165) is 18.1 Å². The van der Waals surface area contributed by atoms with E-state index < -0.39 is 9.84 Å². The fourth-order valence-corrected chi connectivity index (χ4v) is 4.12. The van der Waals surface area contributed by atoms with Gasteiger partial charge in [-0.3, -0.25) is 4.79 Å². The molecule has 0 aliphatic carbocycles. The molecule has 1 fully saturated rings. The lowest BCUT2D eigenvalue weighted by atomic mass is 10.1. The van der Waals surface area contributed by atoms with E-state index >= 15 is 0 Å². The molecule has 1 atom stereocenters. The molecule has 1 rings (SSSR count). The summed E-state index contributed by atoms with van der Waals surface area (Å²) in [5.74, 6) is 2.31. The molecule has 1 aliphatic heterocycles. The molecule has 1 heterocycles. The molecular weight excluding hydrogens is 258 g/mol. The summed E-state index contributed by atoms with van der Waals surface area (Å²) in [7, 11) is -3.01. The first-order valence-corrected chi connectivity index (χ1v) is 9.04. The summed E-state index contributed by atoms with van der Waals surface area (Å²) >= 11 is 1.84. The van der Waals surface area contributed by atoms with E-state index in [1.54, 1.807) is 0 Å². The summed E-state index contributed by atoms with van der Waals surface area (Å²) in [4.78, 5) is 11.6. The van der Waals surface area contributed by atoms with Crippen molar-refractivity contribution in [3.63, 3.8) is 0 Å². The van der Waals surface area contributed by atoms with Crippen LogP contribution in [-0.4, -0.2) is 49.8 Å². The molecule has 1 N–H and O–H groups in total. The fourth-order valence-electron chi connectivity index (χ4n) is 1.81. The highest BCUT2D eigenvalue weighted by molar-refractivity contribution is 7.99. The first-order valence-electron chi connectivity index (χ1n) is 6.07. The molecule has 6 heteroatoms. The maximum atomic E-state index is 11.6. The van der Waals surface area contributed by atoms with Crippen molar-refractivity contribution in [2.45, 2.75) is 32.2 Å². The minimum absolute atomic E-state index is 0.0134. The highest BCUT2D eigenvalue weighted by Crippen LogP contribution is 2.11. The standard InChI is InChI=1S/C11H21NO3S2/c1-2-6-17(14,15)7-3-11(13)8-10-9-16-5-4-12-10/h10,12H,2-9H2,1H3. The predicted molar refractivity (Wildman–Crippen MR) is 72.3 cm³/mol. The Morgan fingerprint density at radius 1 is 1.41 bits per heavy atom. The summed E-state index contributed by atoms with van der Waals surface area (Å²) < 4.78 is 22.9. The molecule has 1 aliphatic rings. The lowest BCUT2D eigenvalue weighted by molar-refractivity contribution is -0.119. The number of hydrogen-bond donors (Lipinski definition) is 1. The van der Waals surface area contributed by atoms with Gasteiger partial charge in [-0.1, -0.05) is 6.92 Å². The average molecular weight is 279 g/mol. The first kappa shape index (κ1) is 15.0. The van der Waals surface area contributed by atoms with E-state index in [1.165, 1.54) is 0 Å². The molecule has 0 aromatic heterocycles. The van der Waals surface area contributed by atoms with E-state index in [4.69, 9.17) is 0 Å². The van der Waals surface area contributed by atoms with Gasteiger partial charge in [-0.05, 0) is 6.42 Å². The van der Waals surface area contributed by atoms with Crippen LogP contribution in [0.1, 0.15) is 26.2 Å². The number of nitrogens with one attached hydrogen (secondary N) is 1. The topological polar surface area (TPSA) is 63.2 Å². The third kappa shape index (κ3) is 6.43. The number of carbonyl (C=O) groups excluding carboxylic acids is 1. The van der Waals surface area contributed by atoms with Crippen LogP contribution in [0.3, 0.4) is 0 Å². The van der Waals surface area contributed by atoms with Crippen molar-refractivity contribution >= 4 is 27.4 Å².